The largest absolute Gasteiger partial charge is 0.485 e. The average Bonchev–Trinajstić information content (AvgIpc) is 4.14. The molecule has 0 saturated heterocycles. The van der Waals surface area contributed by atoms with Gasteiger partial charge in [-0.2, -0.15) is 0 Å². The van der Waals surface area contributed by atoms with Crippen LogP contribution < -0.4 is 25.4 Å². The first-order valence-electron chi connectivity index (χ1n) is 25.9. The summed E-state index contributed by atoms with van der Waals surface area (Å²) in [7, 11) is 0. The normalized spacial score (nSPS) is 16.0. The SMILES string of the molecule is Cc1c(OCc2cnco2)cc(F)c2c1CCN(C[C@H](O)CCC(=O)c1ccnc(NC3CCC3)c1)C2.Cc1c(OCc2cnco2)cc(F)c2c1CCNC2.O=C(CC[C@@H](O)CCl)c1ccnc(NC2CCC2)c1. The molecule has 2 fully saturated rings. The van der Waals surface area contributed by atoms with E-state index in [2.05, 4.69) is 35.9 Å². The van der Waals surface area contributed by atoms with Crippen molar-refractivity contribution in [3.8, 4) is 11.5 Å². The van der Waals surface area contributed by atoms with Crippen molar-refractivity contribution in [1.29, 1.82) is 0 Å². The van der Waals surface area contributed by atoms with Gasteiger partial charge in [0.1, 0.15) is 48.0 Å². The highest BCUT2D eigenvalue weighted by atomic mass is 35.5. The number of fused-ring (bicyclic) bond motifs is 2. The number of aliphatic hydroxyl groups excluding tert-OH is 2. The number of hydrogen-bond donors (Lipinski definition) is 5. The number of aromatic nitrogens is 4. The van der Waals surface area contributed by atoms with Crippen molar-refractivity contribution in [2.45, 2.75) is 141 Å². The van der Waals surface area contributed by atoms with E-state index < -0.39 is 12.2 Å². The van der Waals surface area contributed by atoms with E-state index in [9.17, 15) is 24.2 Å². The lowest BCUT2D eigenvalue weighted by molar-refractivity contribution is 0.0833. The fraction of sp³-hybridized carbons (Fsp3) is 0.464. The maximum atomic E-state index is 15.0. The number of oxazole rings is 2. The van der Waals surface area contributed by atoms with Crippen LogP contribution in [0.4, 0.5) is 20.4 Å². The number of ether oxygens (including phenoxy) is 2. The van der Waals surface area contributed by atoms with Gasteiger partial charge in [-0.1, -0.05) is 0 Å². The molecule has 0 amide bonds. The van der Waals surface area contributed by atoms with Crippen LogP contribution >= 0.6 is 11.6 Å². The van der Waals surface area contributed by atoms with Gasteiger partial charge in [-0.25, -0.2) is 28.7 Å². The molecule has 16 nitrogen and oxygen atoms in total. The van der Waals surface area contributed by atoms with E-state index in [-0.39, 0.29) is 48.7 Å². The van der Waals surface area contributed by atoms with Crippen molar-refractivity contribution >= 4 is 34.8 Å². The zero-order chi connectivity index (χ0) is 52.7. The summed E-state index contributed by atoms with van der Waals surface area (Å²) >= 11 is 5.51. The van der Waals surface area contributed by atoms with Crippen LogP contribution in [-0.4, -0.2) is 96.4 Å². The maximum absolute atomic E-state index is 15.0. The number of carbonyl (C=O) groups is 2. The second-order valence-electron chi connectivity index (χ2n) is 19.6. The quantitative estimate of drug-likeness (QED) is 0.0336. The van der Waals surface area contributed by atoms with E-state index >= 15 is 4.39 Å². The molecule has 0 spiro atoms. The number of alkyl halides is 1. The summed E-state index contributed by atoms with van der Waals surface area (Å²) in [5.74, 6) is 3.41. The topological polar surface area (TPSA) is 210 Å². The summed E-state index contributed by atoms with van der Waals surface area (Å²) in [4.78, 5) is 42.9. The zero-order valence-electron chi connectivity index (χ0n) is 42.6. The fourth-order valence-electron chi connectivity index (χ4n) is 9.32. The van der Waals surface area contributed by atoms with E-state index in [0.29, 0.717) is 104 Å². The number of halogens is 3. The number of nitrogens with one attached hydrogen (secondary N) is 3. The van der Waals surface area contributed by atoms with Crippen LogP contribution in [0.15, 0.2) is 82.8 Å². The molecule has 0 unspecified atom stereocenters. The number of nitrogens with zero attached hydrogens (tertiary/aromatic N) is 5. The minimum atomic E-state index is -0.673. The molecule has 4 aliphatic rings. The summed E-state index contributed by atoms with van der Waals surface area (Å²) in [6.45, 7) is 7.32. The summed E-state index contributed by atoms with van der Waals surface area (Å²) in [6.07, 6.45) is 17.7. The van der Waals surface area contributed by atoms with Gasteiger partial charge in [0.05, 0.1) is 24.6 Å². The minimum Gasteiger partial charge on any atom is -0.485 e. The van der Waals surface area contributed by atoms with Crippen LogP contribution in [0, 0.1) is 25.5 Å². The Kier molecular flexibility index (Phi) is 19.7. The zero-order valence-corrected chi connectivity index (χ0v) is 43.3. The monoisotopic (exact) mass is 1050 g/mol. The summed E-state index contributed by atoms with van der Waals surface area (Å²) in [5.41, 5.74) is 6.60. The Morgan fingerprint density at radius 1 is 0.760 bits per heavy atom. The van der Waals surface area contributed by atoms with Gasteiger partial charge < -0.3 is 44.5 Å². The lowest BCUT2D eigenvalue weighted by Gasteiger charge is -2.32. The highest BCUT2D eigenvalue weighted by Gasteiger charge is 2.26. The molecule has 0 radical (unpaired) electrons. The van der Waals surface area contributed by atoms with Crippen molar-refractivity contribution in [3.63, 3.8) is 0 Å². The van der Waals surface area contributed by atoms with Crippen molar-refractivity contribution in [2.24, 2.45) is 0 Å². The van der Waals surface area contributed by atoms with Gasteiger partial charge >= 0.3 is 0 Å². The molecule has 2 atom stereocenters. The molecule has 2 aromatic carbocycles. The van der Waals surface area contributed by atoms with Crippen LogP contribution in [0.3, 0.4) is 0 Å². The lowest BCUT2D eigenvalue weighted by atomic mass is 9.93. The van der Waals surface area contributed by atoms with Crippen LogP contribution in [0.25, 0.3) is 0 Å². The highest BCUT2D eigenvalue weighted by Crippen LogP contribution is 2.34. The van der Waals surface area contributed by atoms with Gasteiger partial charge in [0.15, 0.2) is 35.9 Å². The van der Waals surface area contributed by atoms with Crippen LogP contribution in [0.5, 0.6) is 11.5 Å². The first-order chi connectivity index (χ1) is 36.4. The average molecular weight is 1050 g/mol. The summed E-state index contributed by atoms with van der Waals surface area (Å²) < 4.78 is 50.7. The second-order valence-corrected chi connectivity index (χ2v) is 19.9. The Morgan fingerprint density at radius 3 is 1.77 bits per heavy atom. The molecular formula is C56H67ClF2N8O8. The number of anilines is 2. The predicted molar refractivity (Wildman–Crippen MR) is 279 cm³/mol. The van der Waals surface area contributed by atoms with E-state index in [1.165, 1.54) is 50.6 Å². The first-order valence-corrected chi connectivity index (χ1v) is 26.4. The smallest absolute Gasteiger partial charge is 0.181 e. The number of β-amino-alcohol motifs (C(OH)–C–C–N with tert-alkyl or cyclic N) is 1. The Labute approximate surface area is 441 Å². The molecule has 0 bridgehead atoms. The van der Waals surface area contributed by atoms with Crippen molar-refractivity contribution in [1.82, 2.24) is 30.2 Å². The molecular weight excluding hydrogens is 986 g/mol. The highest BCUT2D eigenvalue weighted by molar-refractivity contribution is 6.18. The Hall–Kier alpha value is -6.31. The standard InChI is InChI=1S/C28H33FN4O4.C14H19ClN2O2.C14H15FN2O2/c1-18-23-8-10-33(15-24(23)25(29)12-27(18)36-16-22-13-30-17-37-22)14-21(34)5-6-26(35)19-7-9-31-28(11-19)32-20-3-2-4-20;15-9-12(18)4-5-13(19)10-6-7-16-14(8-10)17-11-2-1-3-11;1-9-11-2-3-16-6-12(11)13(15)4-14(9)18-7-10-5-17-8-19-10/h7,9,11-13,17,20-21,34H,2-6,8,10,14-16H2,1H3,(H,31,32);6-8,11-12,18H,1-5,9H2,(H,16,17);4-5,8,16H,2-3,6-7H2,1H3/t21-;12-;/m11./s1. The maximum Gasteiger partial charge on any atom is 0.181 e. The van der Waals surface area contributed by atoms with Gasteiger partial charge in [-0.15, -0.1) is 11.6 Å². The number of hydrogen-bond acceptors (Lipinski definition) is 16. The Morgan fingerprint density at radius 2 is 1.28 bits per heavy atom. The van der Waals surface area contributed by atoms with E-state index in [0.717, 1.165) is 65.3 Å². The van der Waals surface area contributed by atoms with Gasteiger partial charge in [0.25, 0.3) is 0 Å². The molecule has 5 N–H and O–H groups in total. The van der Waals surface area contributed by atoms with E-state index in [1.54, 1.807) is 49.1 Å². The van der Waals surface area contributed by atoms with Gasteiger partial charge in [0.2, 0.25) is 0 Å². The lowest BCUT2D eigenvalue weighted by Crippen LogP contribution is -2.37. The molecule has 2 saturated carbocycles. The third kappa shape index (κ3) is 15.4. The fourth-order valence-corrected chi connectivity index (χ4v) is 9.47. The van der Waals surface area contributed by atoms with E-state index in [1.807, 2.05) is 18.7 Å². The molecule has 19 heteroatoms. The van der Waals surface area contributed by atoms with Gasteiger partial charge in [-0.05, 0) is 131 Å². The number of rotatable bonds is 21. The molecule has 2 aliphatic carbocycles. The molecule has 400 valence electrons. The van der Waals surface area contributed by atoms with Gasteiger partial charge in [0, 0.05) is 104 Å². The van der Waals surface area contributed by atoms with Crippen LogP contribution in [0.1, 0.15) is 130 Å². The van der Waals surface area contributed by atoms with Crippen molar-refractivity contribution in [2.75, 3.05) is 36.1 Å². The molecule has 6 heterocycles. The Balaban J connectivity index is 0.000000165. The molecule has 10 rings (SSSR count). The van der Waals surface area contributed by atoms with Crippen LogP contribution in [0.2, 0.25) is 0 Å². The number of benzene rings is 2. The third-order valence-corrected chi connectivity index (χ3v) is 14.6. The molecule has 4 aromatic heterocycles. The third-order valence-electron chi connectivity index (χ3n) is 14.2. The number of pyridine rings is 2. The number of ketones is 2. The first kappa shape index (κ1) is 54.9. The number of carbonyl (C=O) groups excluding carboxylic acids is 2. The molecule has 75 heavy (non-hydrogen) atoms. The molecule has 2 aliphatic heterocycles. The minimum absolute atomic E-state index is 0.0124. The number of aliphatic hydroxyl groups is 2. The summed E-state index contributed by atoms with van der Waals surface area (Å²) in [5, 5.41) is 29.9. The Bertz CT molecular complexity index is 2810. The number of Topliss-reactive ketones (excluding diaryl/α,β-unsaturated/α-hetero) is 2. The van der Waals surface area contributed by atoms with E-state index in [4.69, 9.17) is 29.9 Å². The van der Waals surface area contributed by atoms with Crippen LogP contribution in [-0.2, 0) is 39.1 Å². The predicted octanol–water partition coefficient (Wildman–Crippen LogP) is 9.40. The second kappa shape index (κ2) is 27.0. The molecule has 6 aromatic rings. The summed E-state index contributed by atoms with van der Waals surface area (Å²) in [6, 6.07) is 10.8. The van der Waals surface area contributed by atoms with Gasteiger partial charge in [-0.3, -0.25) is 14.5 Å². The van der Waals surface area contributed by atoms with Crippen molar-refractivity contribution in [3.05, 3.63) is 142 Å². The van der Waals surface area contributed by atoms with Crippen molar-refractivity contribution < 1.29 is 46.9 Å².